The van der Waals surface area contributed by atoms with Crippen LogP contribution < -0.4 is 10.1 Å². The standard InChI is InChI=1S/C26H32N4O4S/c1-16(2)14-30-24(18(5)34-22-12-8-19(9-13-22)17(3)4)28-29-26(30)35-15-23(31)27-21-10-6-20(7-11-21)25(32)33/h6-13,16-18H,14-15H2,1-5H3,(H,27,31)(H,32,33). The van der Waals surface area contributed by atoms with Crippen molar-refractivity contribution in [3.05, 3.63) is 65.5 Å². The largest absolute Gasteiger partial charge is 0.483 e. The minimum Gasteiger partial charge on any atom is -0.483 e. The summed E-state index contributed by atoms with van der Waals surface area (Å²) >= 11 is 1.30. The molecule has 3 rings (SSSR count). The molecule has 0 bridgehead atoms. The maximum atomic E-state index is 12.5. The molecule has 1 unspecified atom stereocenters. The Bertz CT molecular complexity index is 1140. The predicted octanol–water partition coefficient (Wildman–Crippen LogP) is 5.63. The lowest BCUT2D eigenvalue weighted by Gasteiger charge is -2.18. The van der Waals surface area contributed by atoms with Gasteiger partial charge in [-0.3, -0.25) is 4.79 Å². The fourth-order valence-corrected chi connectivity index (χ4v) is 4.21. The minimum absolute atomic E-state index is 0.142. The second-order valence-corrected chi connectivity index (χ2v) is 9.99. The number of nitrogens with zero attached hydrogens (tertiary/aromatic N) is 3. The maximum absolute atomic E-state index is 12.5. The van der Waals surface area contributed by atoms with Gasteiger partial charge >= 0.3 is 5.97 Å². The van der Waals surface area contributed by atoms with E-state index in [1.165, 1.54) is 29.5 Å². The fraction of sp³-hybridized carbons (Fsp3) is 0.385. The summed E-state index contributed by atoms with van der Waals surface area (Å²) in [4.78, 5) is 23.4. The predicted molar refractivity (Wildman–Crippen MR) is 137 cm³/mol. The Morgan fingerprint density at radius 2 is 1.66 bits per heavy atom. The third kappa shape index (κ3) is 7.32. The molecule has 0 saturated heterocycles. The van der Waals surface area contributed by atoms with Crippen molar-refractivity contribution in [1.29, 1.82) is 0 Å². The summed E-state index contributed by atoms with van der Waals surface area (Å²) < 4.78 is 8.16. The van der Waals surface area contributed by atoms with Crippen molar-refractivity contribution >= 4 is 29.3 Å². The van der Waals surface area contributed by atoms with Gasteiger partial charge in [-0.15, -0.1) is 10.2 Å². The topological polar surface area (TPSA) is 106 Å². The maximum Gasteiger partial charge on any atom is 0.335 e. The Morgan fingerprint density at radius 3 is 2.23 bits per heavy atom. The molecule has 0 radical (unpaired) electrons. The van der Waals surface area contributed by atoms with Crippen LogP contribution in [0.25, 0.3) is 0 Å². The zero-order valence-electron chi connectivity index (χ0n) is 20.7. The van der Waals surface area contributed by atoms with Gasteiger partial charge in [0.15, 0.2) is 17.1 Å². The van der Waals surface area contributed by atoms with Crippen LogP contribution in [0.5, 0.6) is 5.75 Å². The van der Waals surface area contributed by atoms with Crippen LogP contribution in [0.3, 0.4) is 0 Å². The summed E-state index contributed by atoms with van der Waals surface area (Å²) in [5.74, 6) is 1.20. The van der Waals surface area contributed by atoms with Gasteiger partial charge in [-0.25, -0.2) is 4.79 Å². The molecule has 0 aliphatic carbocycles. The summed E-state index contributed by atoms with van der Waals surface area (Å²) in [6.45, 7) is 11.2. The van der Waals surface area contributed by atoms with Gasteiger partial charge in [0.2, 0.25) is 5.91 Å². The number of aromatic carboxylic acids is 1. The van der Waals surface area contributed by atoms with Crippen LogP contribution in [0, 0.1) is 5.92 Å². The van der Waals surface area contributed by atoms with E-state index in [9.17, 15) is 9.59 Å². The molecule has 8 nitrogen and oxygen atoms in total. The van der Waals surface area contributed by atoms with E-state index < -0.39 is 5.97 Å². The Kier molecular flexibility index (Phi) is 8.92. The van der Waals surface area contributed by atoms with Crippen LogP contribution in [-0.2, 0) is 11.3 Å². The molecule has 186 valence electrons. The number of carboxylic acids is 1. The van der Waals surface area contributed by atoms with Crippen LogP contribution in [0.2, 0.25) is 0 Å². The van der Waals surface area contributed by atoms with E-state index in [2.05, 4.69) is 55.3 Å². The van der Waals surface area contributed by atoms with Crippen LogP contribution in [-0.4, -0.2) is 37.5 Å². The Morgan fingerprint density at radius 1 is 1.00 bits per heavy atom. The molecule has 2 aromatic carbocycles. The fourth-order valence-electron chi connectivity index (χ4n) is 3.46. The zero-order chi connectivity index (χ0) is 25.5. The lowest BCUT2D eigenvalue weighted by molar-refractivity contribution is -0.113. The van der Waals surface area contributed by atoms with E-state index in [0.717, 1.165) is 5.75 Å². The molecule has 1 atom stereocenters. The number of thioether (sulfide) groups is 1. The molecule has 0 saturated carbocycles. The quantitative estimate of drug-likeness (QED) is 0.332. The number of carboxylic acid groups (broad SMARTS) is 1. The molecule has 9 heteroatoms. The number of hydrogen-bond donors (Lipinski definition) is 2. The number of rotatable bonds is 11. The summed E-state index contributed by atoms with van der Waals surface area (Å²) in [6, 6.07) is 14.1. The van der Waals surface area contributed by atoms with Crippen molar-refractivity contribution in [3.63, 3.8) is 0 Å². The van der Waals surface area contributed by atoms with Crippen molar-refractivity contribution in [3.8, 4) is 5.75 Å². The number of benzene rings is 2. The highest BCUT2D eigenvalue weighted by Gasteiger charge is 2.21. The summed E-state index contributed by atoms with van der Waals surface area (Å²) in [5.41, 5.74) is 1.96. The van der Waals surface area contributed by atoms with Crippen LogP contribution in [0.1, 0.15) is 68.4 Å². The number of nitrogens with one attached hydrogen (secondary N) is 1. The van der Waals surface area contributed by atoms with Gasteiger partial charge < -0.3 is 19.7 Å². The number of hydrogen-bond acceptors (Lipinski definition) is 6. The molecular weight excluding hydrogens is 464 g/mol. The summed E-state index contributed by atoms with van der Waals surface area (Å²) in [7, 11) is 0. The molecule has 1 amide bonds. The van der Waals surface area contributed by atoms with Crippen molar-refractivity contribution in [2.75, 3.05) is 11.1 Å². The first kappa shape index (κ1) is 26.3. The second kappa shape index (κ2) is 11.9. The summed E-state index contributed by atoms with van der Waals surface area (Å²) in [5, 5.41) is 21.1. The van der Waals surface area contributed by atoms with Gasteiger partial charge in [0.05, 0.1) is 11.3 Å². The van der Waals surface area contributed by atoms with Crippen molar-refractivity contribution < 1.29 is 19.4 Å². The highest BCUT2D eigenvalue weighted by Crippen LogP contribution is 2.27. The minimum atomic E-state index is -1.01. The highest BCUT2D eigenvalue weighted by molar-refractivity contribution is 7.99. The molecule has 35 heavy (non-hydrogen) atoms. The molecule has 0 spiro atoms. The lowest BCUT2D eigenvalue weighted by Crippen LogP contribution is -2.17. The molecule has 3 aromatic rings. The number of carbonyl (C=O) groups excluding carboxylic acids is 1. The van der Waals surface area contributed by atoms with Gasteiger partial charge in [0.25, 0.3) is 0 Å². The van der Waals surface area contributed by atoms with E-state index >= 15 is 0 Å². The van der Waals surface area contributed by atoms with E-state index in [0.29, 0.717) is 35.0 Å². The Labute approximate surface area is 210 Å². The Hall–Kier alpha value is -3.33. The van der Waals surface area contributed by atoms with Crippen LogP contribution in [0.15, 0.2) is 53.7 Å². The summed E-state index contributed by atoms with van der Waals surface area (Å²) in [6.07, 6.45) is -0.318. The van der Waals surface area contributed by atoms with E-state index in [4.69, 9.17) is 9.84 Å². The molecule has 1 aromatic heterocycles. The molecule has 0 aliphatic rings. The van der Waals surface area contributed by atoms with Gasteiger partial charge in [0.1, 0.15) is 5.75 Å². The van der Waals surface area contributed by atoms with Crippen LogP contribution >= 0.6 is 11.8 Å². The monoisotopic (exact) mass is 496 g/mol. The lowest BCUT2D eigenvalue weighted by atomic mass is 10.0. The van der Waals surface area contributed by atoms with Crippen molar-refractivity contribution in [2.45, 2.75) is 58.3 Å². The Balaban J connectivity index is 1.66. The molecule has 1 heterocycles. The first-order valence-electron chi connectivity index (χ1n) is 11.6. The average molecular weight is 497 g/mol. The van der Waals surface area contributed by atoms with Gasteiger partial charge in [0, 0.05) is 12.2 Å². The first-order chi connectivity index (χ1) is 16.6. The van der Waals surface area contributed by atoms with Gasteiger partial charge in [-0.2, -0.15) is 0 Å². The molecule has 2 N–H and O–H groups in total. The van der Waals surface area contributed by atoms with Crippen molar-refractivity contribution in [1.82, 2.24) is 14.8 Å². The normalized spacial score (nSPS) is 12.1. The van der Waals surface area contributed by atoms with E-state index in [-0.39, 0.29) is 23.3 Å². The molecule has 0 aliphatic heterocycles. The van der Waals surface area contributed by atoms with E-state index in [1.54, 1.807) is 12.1 Å². The number of amides is 1. The third-order valence-corrected chi connectivity index (χ3v) is 6.23. The van der Waals surface area contributed by atoms with Gasteiger partial charge in [-0.1, -0.05) is 51.6 Å². The van der Waals surface area contributed by atoms with Crippen molar-refractivity contribution in [2.24, 2.45) is 5.92 Å². The molecular formula is C26H32N4O4S. The number of anilines is 1. The number of carbonyl (C=O) groups is 2. The van der Waals surface area contributed by atoms with E-state index in [1.807, 2.05) is 23.6 Å². The third-order valence-electron chi connectivity index (χ3n) is 5.26. The number of ether oxygens (including phenoxy) is 1. The second-order valence-electron chi connectivity index (χ2n) is 9.05. The molecule has 0 fully saturated rings. The zero-order valence-corrected chi connectivity index (χ0v) is 21.5. The average Bonchev–Trinajstić information content (AvgIpc) is 3.20. The SMILES string of the molecule is CC(C)Cn1c(SCC(=O)Nc2ccc(C(=O)O)cc2)nnc1C(C)Oc1ccc(C(C)C)cc1. The first-order valence-corrected chi connectivity index (χ1v) is 12.6. The van der Waals surface area contributed by atoms with Crippen LogP contribution in [0.4, 0.5) is 5.69 Å². The van der Waals surface area contributed by atoms with Gasteiger partial charge in [-0.05, 0) is 60.7 Å². The smallest absolute Gasteiger partial charge is 0.335 e. The highest BCUT2D eigenvalue weighted by atomic mass is 32.2. The number of aromatic nitrogens is 3.